The molecular weight excluding hydrogens is 233 g/mol. The number of hydrogen-bond acceptors (Lipinski definition) is 2. The Labute approximate surface area is 100 Å². The van der Waals surface area contributed by atoms with Crippen LogP contribution in [0.15, 0.2) is 18.2 Å². The maximum Gasteiger partial charge on any atom is 0.0746 e. The van der Waals surface area contributed by atoms with E-state index in [9.17, 15) is 0 Å². The Hall–Kier alpha value is -0.280. The number of halogens is 2. The second kappa shape index (κ2) is 6.33. The molecule has 0 saturated heterocycles. The quantitative estimate of drug-likeness (QED) is 0.868. The smallest absolute Gasteiger partial charge is 0.0746 e. The molecule has 0 heterocycles. The van der Waals surface area contributed by atoms with E-state index in [1.54, 1.807) is 12.1 Å². The van der Waals surface area contributed by atoms with Gasteiger partial charge in [0.15, 0.2) is 0 Å². The Morgan fingerprint density at radius 3 is 2.47 bits per heavy atom. The first-order valence-electron chi connectivity index (χ1n) is 4.91. The van der Waals surface area contributed by atoms with E-state index in [2.05, 4.69) is 0 Å². The molecule has 0 aliphatic heterocycles. The molecule has 1 rings (SSSR count). The molecule has 1 atom stereocenters. The maximum absolute atomic E-state index is 5.98. The zero-order valence-corrected chi connectivity index (χ0v) is 10.2. The predicted molar refractivity (Wildman–Crippen MR) is 64.4 cm³/mol. The third kappa shape index (κ3) is 3.99. The average molecular weight is 248 g/mol. The topological polar surface area (TPSA) is 35.2 Å². The van der Waals surface area contributed by atoms with Crippen LogP contribution in [0.3, 0.4) is 0 Å². The minimum Gasteiger partial charge on any atom is -0.375 e. The molecule has 0 aliphatic carbocycles. The molecule has 15 heavy (non-hydrogen) atoms. The standard InChI is InChI=1S/C11H15Cl2NO/c1-2-8(14)6-15-7-9-10(12)4-3-5-11(9)13/h3-5,8H,2,6-7,14H2,1H3. The van der Waals surface area contributed by atoms with Gasteiger partial charge in [-0.15, -0.1) is 0 Å². The summed E-state index contributed by atoms with van der Waals surface area (Å²) >= 11 is 12.0. The van der Waals surface area contributed by atoms with Crippen molar-refractivity contribution in [2.24, 2.45) is 5.73 Å². The molecule has 84 valence electrons. The number of ether oxygens (including phenoxy) is 1. The Morgan fingerprint density at radius 2 is 1.93 bits per heavy atom. The first kappa shape index (κ1) is 12.8. The van der Waals surface area contributed by atoms with Gasteiger partial charge in [-0.3, -0.25) is 0 Å². The summed E-state index contributed by atoms with van der Waals surface area (Å²) in [6.07, 6.45) is 0.899. The van der Waals surface area contributed by atoms with E-state index in [-0.39, 0.29) is 6.04 Å². The molecule has 1 aromatic rings. The molecule has 4 heteroatoms. The number of hydrogen-bond donors (Lipinski definition) is 1. The third-order valence-electron chi connectivity index (χ3n) is 2.16. The van der Waals surface area contributed by atoms with Gasteiger partial charge in [0.25, 0.3) is 0 Å². The monoisotopic (exact) mass is 247 g/mol. The zero-order chi connectivity index (χ0) is 11.3. The van der Waals surface area contributed by atoms with Gasteiger partial charge >= 0.3 is 0 Å². The fraction of sp³-hybridized carbons (Fsp3) is 0.455. The van der Waals surface area contributed by atoms with E-state index in [1.807, 2.05) is 13.0 Å². The van der Waals surface area contributed by atoms with Crippen molar-refractivity contribution in [3.63, 3.8) is 0 Å². The molecule has 0 spiro atoms. The van der Waals surface area contributed by atoms with Crippen LogP contribution in [0.25, 0.3) is 0 Å². The van der Waals surface area contributed by atoms with Gasteiger partial charge < -0.3 is 10.5 Å². The summed E-state index contributed by atoms with van der Waals surface area (Å²) in [5.74, 6) is 0. The minimum atomic E-state index is 0.0752. The molecular formula is C11H15Cl2NO. The molecule has 1 unspecified atom stereocenters. The van der Waals surface area contributed by atoms with E-state index in [4.69, 9.17) is 33.7 Å². The summed E-state index contributed by atoms with van der Waals surface area (Å²) < 4.78 is 5.44. The van der Waals surface area contributed by atoms with Crippen molar-refractivity contribution in [3.8, 4) is 0 Å². The van der Waals surface area contributed by atoms with Crippen molar-refractivity contribution in [2.75, 3.05) is 6.61 Å². The SMILES string of the molecule is CCC(N)COCc1c(Cl)cccc1Cl. The molecule has 0 radical (unpaired) electrons. The van der Waals surface area contributed by atoms with Crippen LogP contribution < -0.4 is 5.73 Å². The highest BCUT2D eigenvalue weighted by Crippen LogP contribution is 2.24. The van der Waals surface area contributed by atoms with Gasteiger partial charge in [0.05, 0.1) is 13.2 Å². The van der Waals surface area contributed by atoms with Gasteiger partial charge in [0, 0.05) is 21.7 Å². The van der Waals surface area contributed by atoms with Crippen LogP contribution in [0.5, 0.6) is 0 Å². The first-order valence-corrected chi connectivity index (χ1v) is 5.67. The summed E-state index contributed by atoms with van der Waals surface area (Å²) in [7, 11) is 0. The molecule has 0 amide bonds. The second-order valence-corrected chi connectivity index (χ2v) is 4.20. The zero-order valence-electron chi connectivity index (χ0n) is 8.67. The van der Waals surface area contributed by atoms with Crippen LogP contribution in [0.4, 0.5) is 0 Å². The van der Waals surface area contributed by atoms with Crippen molar-refractivity contribution < 1.29 is 4.74 Å². The highest BCUT2D eigenvalue weighted by molar-refractivity contribution is 6.35. The highest BCUT2D eigenvalue weighted by atomic mass is 35.5. The van der Waals surface area contributed by atoms with E-state index < -0.39 is 0 Å². The summed E-state index contributed by atoms with van der Waals surface area (Å²) in [5, 5.41) is 1.26. The summed E-state index contributed by atoms with van der Waals surface area (Å²) in [5.41, 5.74) is 6.55. The van der Waals surface area contributed by atoms with Crippen LogP contribution >= 0.6 is 23.2 Å². The number of rotatable bonds is 5. The van der Waals surface area contributed by atoms with Crippen LogP contribution in [-0.2, 0) is 11.3 Å². The molecule has 0 saturated carbocycles. The Kier molecular flexibility index (Phi) is 5.40. The van der Waals surface area contributed by atoms with Gasteiger partial charge in [-0.1, -0.05) is 36.2 Å². The average Bonchev–Trinajstić information content (AvgIpc) is 2.22. The van der Waals surface area contributed by atoms with E-state index in [1.165, 1.54) is 0 Å². The lowest BCUT2D eigenvalue weighted by atomic mass is 10.2. The third-order valence-corrected chi connectivity index (χ3v) is 2.87. The van der Waals surface area contributed by atoms with Crippen molar-refractivity contribution in [1.29, 1.82) is 0 Å². The van der Waals surface area contributed by atoms with Crippen LogP contribution in [-0.4, -0.2) is 12.6 Å². The van der Waals surface area contributed by atoms with Crippen LogP contribution in [0, 0.1) is 0 Å². The molecule has 0 aromatic heterocycles. The predicted octanol–water partition coefficient (Wildman–Crippen LogP) is 3.25. The number of nitrogens with two attached hydrogens (primary N) is 1. The molecule has 2 nitrogen and oxygen atoms in total. The lowest BCUT2D eigenvalue weighted by Crippen LogP contribution is -2.24. The van der Waals surface area contributed by atoms with Gasteiger partial charge in [-0.2, -0.15) is 0 Å². The summed E-state index contributed by atoms with van der Waals surface area (Å²) in [6.45, 7) is 2.96. The highest BCUT2D eigenvalue weighted by Gasteiger charge is 2.06. The van der Waals surface area contributed by atoms with Gasteiger partial charge in [-0.05, 0) is 18.6 Å². The molecule has 1 aromatic carbocycles. The second-order valence-electron chi connectivity index (χ2n) is 3.38. The van der Waals surface area contributed by atoms with Crippen molar-refractivity contribution in [1.82, 2.24) is 0 Å². The maximum atomic E-state index is 5.98. The lowest BCUT2D eigenvalue weighted by Gasteiger charge is -2.11. The summed E-state index contributed by atoms with van der Waals surface area (Å²) in [4.78, 5) is 0. The number of benzene rings is 1. The minimum absolute atomic E-state index is 0.0752. The Balaban J connectivity index is 2.50. The van der Waals surface area contributed by atoms with Gasteiger partial charge in [0.1, 0.15) is 0 Å². The molecule has 2 N–H and O–H groups in total. The van der Waals surface area contributed by atoms with Crippen molar-refractivity contribution >= 4 is 23.2 Å². The largest absolute Gasteiger partial charge is 0.375 e. The van der Waals surface area contributed by atoms with Crippen molar-refractivity contribution in [2.45, 2.75) is 26.0 Å². The first-order chi connectivity index (χ1) is 7.15. The van der Waals surface area contributed by atoms with E-state index in [0.29, 0.717) is 23.3 Å². The fourth-order valence-electron chi connectivity index (χ4n) is 1.10. The Bertz CT molecular complexity index is 297. The van der Waals surface area contributed by atoms with Crippen LogP contribution in [0.2, 0.25) is 10.0 Å². The molecule has 0 fully saturated rings. The van der Waals surface area contributed by atoms with Gasteiger partial charge in [-0.25, -0.2) is 0 Å². The van der Waals surface area contributed by atoms with Gasteiger partial charge in [0.2, 0.25) is 0 Å². The summed E-state index contributed by atoms with van der Waals surface area (Å²) in [6, 6.07) is 5.48. The lowest BCUT2D eigenvalue weighted by molar-refractivity contribution is 0.107. The van der Waals surface area contributed by atoms with Crippen molar-refractivity contribution in [3.05, 3.63) is 33.8 Å². The molecule has 0 bridgehead atoms. The van der Waals surface area contributed by atoms with Crippen LogP contribution in [0.1, 0.15) is 18.9 Å². The fourth-order valence-corrected chi connectivity index (χ4v) is 1.61. The normalized spacial score (nSPS) is 12.8. The molecule has 0 aliphatic rings. The van der Waals surface area contributed by atoms with E-state index >= 15 is 0 Å². The Morgan fingerprint density at radius 1 is 1.33 bits per heavy atom. The van der Waals surface area contributed by atoms with E-state index in [0.717, 1.165) is 12.0 Å².